The van der Waals surface area contributed by atoms with E-state index >= 15 is 0 Å². The van der Waals surface area contributed by atoms with E-state index in [2.05, 4.69) is 282 Å². The number of benzene rings is 9. The Morgan fingerprint density at radius 3 is 1.32 bits per heavy atom. The van der Waals surface area contributed by atoms with Crippen molar-refractivity contribution in [3.63, 3.8) is 0 Å². The lowest BCUT2D eigenvalue weighted by atomic mass is 9.92. The van der Waals surface area contributed by atoms with Crippen LogP contribution in [0.25, 0.3) is 56.2 Å². The Labute approximate surface area is 437 Å². The average Bonchev–Trinajstić information content (AvgIpc) is 4.03. The van der Waals surface area contributed by atoms with Crippen LogP contribution in [-0.4, -0.2) is 27.2 Å². The Hall–Kier alpha value is -8.06. The Balaban J connectivity index is 1.19. The summed E-state index contributed by atoms with van der Waals surface area (Å²) in [5.74, 6) is 3.09. The van der Waals surface area contributed by atoms with Crippen LogP contribution in [-0.2, 0) is 0 Å². The van der Waals surface area contributed by atoms with E-state index in [0.717, 1.165) is 50.5 Å². The van der Waals surface area contributed by atoms with Gasteiger partial charge in [-0.05, 0) is 127 Å². The predicted octanol–water partition coefficient (Wildman–Crippen LogP) is 15.4. The van der Waals surface area contributed by atoms with Crippen molar-refractivity contribution in [1.82, 2.24) is 19.1 Å². The number of hydrogen-bond acceptors (Lipinski definition) is 3. The molecular weight excluding hydrogens is 915 g/mol. The summed E-state index contributed by atoms with van der Waals surface area (Å²) in [4.78, 5) is 13.7. The minimum Gasteiger partial charge on any atom is -0.311 e. The molecule has 0 saturated carbocycles. The lowest BCUT2D eigenvalue weighted by Crippen LogP contribution is -2.77. The second-order valence-corrected chi connectivity index (χ2v) is 25.1. The third-order valence-corrected chi connectivity index (χ3v) is 20.3. The number of rotatable bonds is 11. The van der Waals surface area contributed by atoms with Crippen molar-refractivity contribution < 1.29 is 0 Å². The minimum absolute atomic E-state index is 0.298. The smallest absolute Gasteiger partial charge is 0.184 e. The molecule has 6 heteroatoms. The molecule has 2 aromatic heterocycles. The van der Waals surface area contributed by atoms with Gasteiger partial charge in [-0.15, -0.1) is 0 Å². The molecule has 5 nitrogen and oxygen atoms in total. The van der Waals surface area contributed by atoms with Crippen molar-refractivity contribution in [3.05, 3.63) is 235 Å². The van der Waals surface area contributed by atoms with Crippen LogP contribution in [0.5, 0.6) is 0 Å². The zero-order valence-corrected chi connectivity index (χ0v) is 44.8. The van der Waals surface area contributed by atoms with Crippen LogP contribution in [0.3, 0.4) is 0 Å². The quantitative estimate of drug-likeness (QED) is 0.121. The zero-order chi connectivity index (χ0) is 50.8. The van der Waals surface area contributed by atoms with E-state index in [-0.39, 0.29) is 0 Å². The molecule has 0 saturated heterocycles. The molecule has 11 aromatic rings. The topological polar surface area (TPSA) is 38.9 Å². The highest BCUT2D eigenvalue weighted by Crippen LogP contribution is 2.43. The number of hydrogen-bond donors (Lipinski definition) is 0. The van der Waals surface area contributed by atoms with Gasteiger partial charge >= 0.3 is 0 Å². The second kappa shape index (κ2) is 18.8. The van der Waals surface area contributed by atoms with E-state index in [1.165, 1.54) is 65.8 Å². The van der Waals surface area contributed by atoms with Crippen LogP contribution in [0.15, 0.2) is 212 Å². The first kappa shape index (κ1) is 47.0. The number of imidazole rings is 2. The molecule has 1 unspecified atom stereocenters. The molecule has 74 heavy (non-hydrogen) atoms. The molecule has 12 rings (SSSR count). The van der Waals surface area contributed by atoms with Crippen molar-refractivity contribution >= 4 is 67.9 Å². The first-order valence-corrected chi connectivity index (χ1v) is 28.5. The first-order valence-electron chi connectivity index (χ1n) is 26.5. The summed E-state index contributed by atoms with van der Waals surface area (Å²) >= 11 is 0. The lowest BCUT2D eigenvalue weighted by Gasteiger charge is -2.45. The minimum atomic E-state index is -3.28. The Morgan fingerprint density at radius 1 is 0.351 bits per heavy atom. The summed E-state index contributed by atoms with van der Waals surface area (Å²) in [5, 5.41) is 5.25. The van der Waals surface area contributed by atoms with Crippen LogP contribution in [0.2, 0.25) is 0 Å². The third kappa shape index (κ3) is 7.49. The molecule has 9 aromatic carbocycles. The standard InChI is InChI=1S/C68H63N5Si/c1-44(2)53-30-22-31-54(45(3)4)65(53)72-59-36-17-15-34-57(59)69-67(72)48-24-21-29-52(42-48)74(51-27-13-10-14-28-51)63-39-20-19-38-61(63)71(50-25-11-9-12-26-50)62-41-40-49(43-64(62)74)68-70-58-35-16-18-37-60(58)73(68)66-55(46(5)6)32-23-33-56(66)47(7)8/h9-47H,1-8H3. The Kier molecular flexibility index (Phi) is 11.9. The largest absolute Gasteiger partial charge is 0.311 e. The summed E-state index contributed by atoms with van der Waals surface area (Å²) in [6.45, 7) is 18.5. The molecule has 0 fully saturated rings. The summed E-state index contributed by atoms with van der Waals surface area (Å²) in [6.07, 6.45) is 0. The van der Waals surface area contributed by atoms with Crippen molar-refractivity contribution in [2.24, 2.45) is 0 Å². The van der Waals surface area contributed by atoms with Crippen LogP contribution >= 0.6 is 0 Å². The monoisotopic (exact) mass is 977 g/mol. The van der Waals surface area contributed by atoms with E-state index < -0.39 is 8.07 Å². The Bertz CT molecular complexity index is 3830. The first-order chi connectivity index (χ1) is 36.1. The maximum absolute atomic E-state index is 5.63. The molecular formula is C68H63N5Si. The molecule has 1 aliphatic heterocycles. The molecule has 364 valence electrons. The van der Waals surface area contributed by atoms with Gasteiger partial charge in [-0.1, -0.05) is 207 Å². The van der Waals surface area contributed by atoms with Crippen molar-refractivity contribution in [1.29, 1.82) is 0 Å². The van der Waals surface area contributed by atoms with Crippen LogP contribution < -0.4 is 25.6 Å². The fraction of sp³-hybridized carbons (Fsp3) is 0.176. The van der Waals surface area contributed by atoms with Gasteiger partial charge in [-0.3, -0.25) is 9.13 Å². The van der Waals surface area contributed by atoms with E-state index in [4.69, 9.17) is 9.97 Å². The molecule has 0 aliphatic carbocycles. The van der Waals surface area contributed by atoms with Gasteiger partial charge in [0.1, 0.15) is 11.6 Å². The van der Waals surface area contributed by atoms with Gasteiger partial charge in [-0.2, -0.15) is 0 Å². The van der Waals surface area contributed by atoms with E-state index in [9.17, 15) is 0 Å². The normalized spacial score (nSPS) is 14.5. The molecule has 0 amide bonds. The number of para-hydroxylation sites is 8. The van der Waals surface area contributed by atoms with Crippen LogP contribution in [0.4, 0.5) is 17.1 Å². The maximum Gasteiger partial charge on any atom is 0.184 e. The van der Waals surface area contributed by atoms with E-state index in [1.54, 1.807) is 0 Å². The second-order valence-electron chi connectivity index (χ2n) is 21.3. The lowest BCUT2D eigenvalue weighted by molar-refractivity contribution is 0.811. The summed E-state index contributed by atoms with van der Waals surface area (Å²) in [6, 6.07) is 79.3. The molecule has 0 spiro atoms. The van der Waals surface area contributed by atoms with E-state index in [0.29, 0.717) is 23.7 Å². The fourth-order valence-electron chi connectivity index (χ4n) is 12.1. The highest BCUT2D eigenvalue weighted by Gasteiger charge is 2.49. The number of aromatic nitrogens is 4. The molecule has 1 aliphatic rings. The van der Waals surface area contributed by atoms with Crippen LogP contribution in [0, 0.1) is 0 Å². The van der Waals surface area contributed by atoms with E-state index in [1.807, 2.05) is 0 Å². The highest BCUT2D eigenvalue weighted by atomic mass is 28.3. The van der Waals surface area contributed by atoms with Gasteiger partial charge in [0, 0.05) is 28.2 Å². The molecule has 0 bridgehead atoms. The fourth-order valence-corrected chi connectivity index (χ4v) is 17.2. The molecule has 0 N–H and O–H groups in total. The zero-order valence-electron chi connectivity index (χ0n) is 43.8. The average molecular weight is 978 g/mol. The van der Waals surface area contributed by atoms with Gasteiger partial charge < -0.3 is 4.90 Å². The summed E-state index contributed by atoms with van der Waals surface area (Å²) in [7, 11) is -3.28. The number of fused-ring (bicyclic) bond motifs is 4. The third-order valence-electron chi connectivity index (χ3n) is 15.5. The molecule has 0 radical (unpaired) electrons. The Morgan fingerprint density at radius 2 is 0.784 bits per heavy atom. The summed E-state index contributed by atoms with van der Waals surface area (Å²) in [5.41, 5.74) is 17.6. The van der Waals surface area contributed by atoms with Crippen molar-refractivity contribution in [2.45, 2.75) is 79.1 Å². The van der Waals surface area contributed by atoms with Crippen molar-refractivity contribution in [3.8, 4) is 34.2 Å². The van der Waals surface area contributed by atoms with Gasteiger partial charge in [0.15, 0.2) is 8.07 Å². The van der Waals surface area contributed by atoms with Gasteiger partial charge in [-0.25, -0.2) is 9.97 Å². The molecule has 1 atom stereocenters. The highest BCUT2D eigenvalue weighted by molar-refractivity contribution is 7.21. The predicted molar refractivity (Wildman–Crippen MR) is 315 cm³/mol. The number of anilines is 3. The van der Waals surface area contributed by atoms with Gasteiger partial charge in [0.2, 0.25) is 0 Å². The van der Waals surface area contributed by atoms with Crippen LogP contribution in [0.1, 0.15) is 101 Å². The van der Waals surface area contributed by atoms with Gasteiger partial charge in [0.05, 0.1) is 33.4 Å². The van der Waals surface area contributed by atoms with Crippen molar-refractivity contribution in [2.75, 3.05) is 4.90 Å². The molecule has 3 heterocycles. The number of nitrogens with zero attached hydrogens (tertiary/aromatic N) is 5. The maximum atomic E-state index is 5.63. The SMILES string of the molecule is CC(C)c1cccc(C(C)C)c1-n1c(-c2cccc([Si]3(c4ccccc4)c4ccccc4N(c4ccccc4)c4ccc(-c5nc6ccccc6n5-c5c(C(C)C)cccc5C(C)C)cc43)c2)nc2ccccc21. The summed E-state index contributed by atoms with van der Waals surface area (Å²) < 4.78 is 4.95. The van der Waals surface area contributed by atoms with Gasteiger partial charge in [0.25, 0.3) is 0 Å².